The highest BCUT2D eigenvalue weighted by molar-refractivity contribution is 7.89. The van der Waals surface area contributed by atoms with Crippen LogP contribution in [0.1, 0.15) is 11.4 Å². The Hall–Kier alpha value is -2.62. The topological polar surface area (TPSA) is 101 Å². The van der Waals surface area contributed by atoms with Crippen LogP contribution in [0.25, 0.3) is 11.3 Å². The smallest absolute Gasteiger partial charge is 0.240 e. The van der Waals surface area contributed by atoms with Crippen molar-refractivity contribution in [3.63, 3.8) is 0 Å². The van der Waals surface area contributed by atoms with Gasteiger partial charge in [-0.15, -0.1) is 11.3 Å². The fourth-order valence-electron chi connectivity index (χ4n) is 2.29. The van der Waals surface area contributed by atoms with E-state index in [1.807, 2.05) is 17.5 Å². The van der Waals surface area contributed by atoms with E-state index >= 15 is 0 Å². The van der Waals surface area contributed by atoms with Crippen LogP contribution >= 0.6 is 11.3 Å². The molecule has 0 spiro atoms. The number of nitrogens with zero attached hydrogens (tertiary/aromatic N) is 2. The van der Waals surface area contributed by atoms with Crippen LogP contribution in [0.5, 0.6) is 0 Å². The van der Waals surface area contributed by atoms with Crippen molar-refractivity contribution >= 4 is 27.3 Å². The highest BCUT2D eigenvalue weighted by Crippen LogP contribution is 2.20. The second-order valence-corrected chi connectivity index (χ2v) is 8.31. The zero-order chi connectivity index (χ0) is 19.1. The molecule has 0 aliphatic rings. The van der Waals surface area contributed by atoms with E-state index in [0.29, 0.717) is 6.54 Å². The Morgan fingerprint density at radius 1 is 1.07 bits per heavy atom. The second kappa shape index (κ2) is 8.85. The standard InChI is InChI=1S/C18H18N4O3S2/c23-17(8-11-21-27(24,25)15-4-2-1-3-5-15)20-12-18-22-16(13-26-18)14-6-9-19-10-7-14/h1-7,9-10,13,21H,8,11-12H2,(H,20,23). The van der Waals surface area contributed by atoms with Crippen molar-refractivity contribution in [3.8, 4) is 11.3 Å². The molecule has 0 radical (unpaired) electrons. The largest absolute Gasteiger partial charge is 0.350 e. The van der Waals surface area contributed by atoms with E-state index in [2.05, 4.69) is 20.0 Å². The zero-order valence-electron chi connectivity index (χ0n) is 14.3. The molecule has 3 aromatic rings. The molecule has 0 atom stereocenters. The highest BCUT2D eigenvalue weighted by Gasteiger charge is 2.13. The van der Waals surface area contributed by atoms with Crippen molar-refractivity contribution in [3.05, 3.63) is 65.2 Å². The lowest BCUT2D eigenvalue weighted by Crippen LogP contribution is -2.30. The average molecular weight is 403 g/mol. The van der Waals surface area contributed by atoms with Crippen LogP contribution in [0.15, 0.2) is 65.1 Å². The summed E-state index contributed by atoms with van der Waals surface area (Å²) in [4.78, 5) is 20.6. The summed E-state index contributed by atoms with van der Waals surface area (Å²) in [5.74, 6) is -0.244. The predicted octanol–water partition coefficient (Wildman–Crippen LogP) is 2.19. The van der Waals surface area contributed by atoms with E-state index in [0.717, 1.165) is 16.3 Å². The molecule has 140 valence electrons. The van der Waals surface area contributed by atoms with Crippen LogP contribution in [0.4, 0.5) is 0 Å². The van der Waals surface area contributed by atoms with Gasteiger partial charge >= 0.3 is 0 Å². The van der Waals surface area contributed by atoms with Crippen LogP contribution in [-0.2, 0) is 21.4 Å². The third kappa shape index (κ3) is 5.43. The molecule has 0 saturated carbocycles. The van der Waals surface area contributed by atoms with Crippen LogP contribution in [-0.4, -0.2) is 30.8 Å². The zero-order valence-corrected chi connectivity index (χ0v) is 16.0. The van der Waals surface area contributed by atoms with Gasteiger partial charge in [0.15, 0.2) is 0 Å². The number of sulfonamides is 1. The lowest BCUT2D eigenvalue weighted by molar-refractivity contribution is -0.121. The highest BCUT2D eigenvalue weighted by atomic mass is 32.2. The van der Waals surface area contributed by atoms with Gasteiger partial charge < -0.3 is 5.32 Å². The van der Waals surface area contributed by atoms with Gasteiger partial charge in [-0.3, -0.25) is 9.78 Å². The number of benzene rings is 1. The van der Waals surface area contributed by atoms with Crippen molar-refractivity contribution < 1.29 is 13.2 Å². The minimum atomic E-state index is -3.60. The van der Waals surface area contributed by atoms with Gasteiger partial charge in [-0.25, -0.2) is 18.1 Å². The maximum Gasteiger partial charge on any atom is 0.240 e. The summed E-state index contributed by atoms with van der Waals surface area (Å²) in [6.45, 7) is 0.337. The van der Waals surface area contributed by atoms with E-state index in [9.17, 15) is 13.2 Å². The van der Waals surface area contributed by atoms with Crippen molar-refractivity contribution in [2.75, 3.05) is 6.54 Å². The number of hydrogen-bond acceptors (Lipinski definition) is 6. The number of pyridine rings is 1. The molecule has 3 rings (SSSR count). The molecule has 0 bridgehead atoms. The van der Waals surface area contributed by atoms with Gasteiger partial charge in [0, 0.05) is 36.3 Å². The molecule has 2 aromatic heterocycles. The maximum absolute atomic E-state index is 12.1. The molecule has 27 heavy (non-hydrogen) atoms. The maximum atomic E-state index is 12.1. The first-order chi connectivity index (χ1) is 13.0. The van der Waals surface area contributed by atoms with Gasteiger partial charge in [-0.1, -0.05) is 18.2 Å². The fourth-order valence-corrected chi connectivity index (χ4v) is 4.09. The van der Waals surface area contributed by atoms with Crippen molar-refractivity contribution in [2.45, 2.75) is 17.9 Å². The lowest BCUT2D eigenvalue weighted by atomic mass is 10.2. The quantitative estimate of drug-likeness (QED) is 0.601. The van der Waals surface area contributed by atoms with Crippen LogP contribution in [0, 0.1) is 0 Å². The molecule has 2 N–H and O–H groups in total. The Morgan fingerprint density at radius 3 is 2.56 bits per heavy atom. The lowest BCUT2D eigenvalue weighted by Gasteiger charge is -2.07. The Labute approximate surface area is 161 Å². The molecule has 0 unspecified atom stereocenters. The number of aromatic nitrogens is 2. The van der Waals surface area contributed by atoms with E-state index < -0.39 is 10.0 Å². The monoisotopic (exact) mass is 402 g/mol. The van der Waals surface area contributed by atoms with Gasteiger partial charge in [0.2, 0.25) is 15.9 Å². The predicted molar refractivity (Wildman–Crippen MR) is 103 cm³/mol. The molecule has 9 heteroatoms. The second-order valence-electron chi connectivity index (χ2n) is 5.60. The van der Waals surface area contributed by atoms with Crippen LogP contribution in [0.2, 0.25) is 0 Å². The van der Waals surface area contributed by atoms with Gasteiger partial charge in [-0.2, -0.15) is 0 Å². The fraction of sp³-hybridized carbons (Fsp3) is 0.167. The Bertz CT molecular complexity index is 990. The van der Waals surface area contributed by atoms with E-state index in [4.69, 9.17) is 0 Å². The van der Waals surface area contributed by atoms with E-state index in [1.54, 1.807) is 30.6 Å². The van der Waals surface area contributed by atoms with Crippen molar-refractivity contribution in [1.82, 2.24) is 20.0 Å². The molecule has 1 amide bonds. The number of nitrogens with one attached hydrogen (secondary N) is 2. The average Bonchev–Trinajstić information content (AvgIpc) is 3.17. The summed E-state index contributed by atoms with van der Waals surface area (Å²) in [5, 5.41) is 5.45. The van der Waals surface area contributed by atoms with Gasteiger partial charge in [0.1, 0.15) is 5.01 Å². The number of carbonyl (C=O) groups is 1. The summed E-state index contributed by atoms with van der Waals surface area (Å²) in [7, 11) is -3.60. The third-order valence-electron chi connectivity index (χ3n) is 3.66. The Morgan fingerprint density at radius 2 is 1.81 bits per heavy atom. The SMILES string of the molecule is O=C(CCNS(=O)(=O)c1ccccc1)NCc1nc(-c2ccncc2)cs1. The normalized spacial score (nSPS) is 11.3. The molecule has 0 aliphatic heterocycles. The summed E-state index contributed by atoms with van der Waals surface area (Å²) in [5.41, 5.74) is 1.80. The molecular weight excluding hydrogens is 384 g/mol. The Balaban J connectivity index is 1.45. The van der Waals surface area contributed by atoms with Crippen LogP contribution in [0.3, 0.4) is 0 Å². The molecule has 2 heterocycles. The first kappa shape index (κ1) is 19.2. The molecule has 7 nitrogen and oxygen atoms in total. The Kier molecular flexibility index (Phi) is 6.28. The minimum Gasteiger partial charge on any atom is -0.350 e. The minimum absolute atomic E-state index is 0.0309. The summed E-state index contributed by atoms with van der Waals surface area (Å²) in [6, 6.07) is 11.8. The molecule has 0 saturated heterocycles. The van der Waals surface area contributed by atoms with Crippen molar-refractivity contribution in [2.24, 2.45) is 0 Å². The molecule has 0 aliphatic carbocycles. The summed E-state index contributed by atoms with van der Waals surface area (Å²) in [6.07, 6.45) is 3.45. The van der Waals surface area contributed by atoms with Crippen molar-refractivity contribution in [1.29, 1.82) is 0 Å². The summed E-state index contributed by atoms with van der Waals surface area (Å²) >= 11 is 1.45. The van der Waals surface area contributed by atoms with E-state index in [-0.39, 0.29) is 23.8 Å². The summed E-state index contributed by atoms with van der Waals surface area (Å²) < 4.78 is 26.6. The molecular formula is C18H18N4O3S2. The number of rotatable bonds is 8. The number of thiazole rings is 1. The van der Waals surface area contributed by atoms with Gasteiger partial charge in [0.05, 0.1) is 17.1 Å². The number of amides is 1. The van der Waals surface area contributed by atoms with E-state index in [1.165, 1.54) is 23.5 Å². The first-order valence-corrected chi connectivity index (χ1v) is 10.6. The van der Waals surface area contributed by atoms with Gasteiger partial charge in [0.25, 0.3) is 0 Å². The molecule has 1 aromatic carbocycles. The number of hydrogen-bond donors (Lipinski definition) is 2. The van der Waals surface area contributed by atoms with Gasteiger partial charge in [-0.05, 0) is 24.3 Å². The molecule has 0 fully saturated rings. The third-order valence-corrected chi connectivity index (χ3v) is 5.99. The first-order valence-electron chi connectivity index (χ1n) is 8.21. The van der Waals surface area contributed by atoms with Crippen LogP contribution < -0.4 is 10.0 Å². The number of carbonyl (C=O) groups excluding carboxylic acids is 1.